The molecular weight excluding hydrogens is 318 g/mol. The smallest absolute Gasteiger partial charge is 0.410 e. The first-order valence-corrected chi connectivity index (χ1v) is 9.39. The Hall–Kier alpha value is -1.63. The van der Waals surface area contributed by atoms with Gasteiger partial charge in [0.25, 0.3) is 0 Å². The molecule has 1 fully saturated rings. The van der Waals surface area contributed by atoms with Crippen LogP contribution in [-0.4, -0.2) is 56.0 Å². The molecule has 3 atom stereocenters. The maximum atomic E-state index is 12.5. The molecule has 0 bridgehead atoms. The summed E-state index contributed by atoms with van der Waals surface area (Å²) in [5, 5.41) is 8.19. The Morgan fingerprint density at radius 3 is 2.84 bits per heavy atom. The highest BCUT2D eigenvalue weighted by atomic mass is 16.6. The van der Waals surface area contributed by atoms with Crippen molar-refractivity contribution in [1.29, 1.82) is 0 Å². The van der Waals surface area contributed by atoms with Crippen molar-refractivity contribution in [3.05, 3.63) is 11.6 Å². The van der Waals surface area contributed by atoms with E-state index in [4.69, 9.17) is 4.74 Å². The maximum absolute atomic E-state index is 12.5. The fourth-order valence-electron chi connectivity index (χ4n) is 3.91. The van der Waals surface area contributed by atoms with Crippen LogP contribution in [0.25, 0.3) is 0 Å². The van der Waals surface area contributed by atoms with Crippen LogP contribution in [0.3, 0.4) is 0 Å². The van der Waals surface area contributed by atoms with Crippen LogP contribution in [0, 0.1) is 6.92 Å². The van der Waals surface area contributed by atoms with Crippen LogP contribution in [0.15, 0.2) is 0 Å². The average molecular weight is 349 g/mol. The molecule has 25 heavy (non-hydrogen) atoms. The van der Waals surface area contributed by atoms with Gasteiger partial charge in [-0.2, -0.15) is 5.10 Å². The summed E-state index contributed by atoms with van der Waals surface area (Å²) in [6.45, 7) is 11.5. The Bertz CT molecular complexity index is 621. The number of carbonyl (C=O) groups is 1. The Labute approximate surface area is 150 Å². The van der Waals surface area contributed by atoms with Gasteiger partial charge in [0.2, 0.25) is 0 Å². The first-order chi connectivity index (χ1) is 11.7. The first kappa shape index (κ1) is 18.2. The number of aryl methyl sites for hydroxylation is 2. The number of ether oxygens (including phenoxy) is 1. The van der Waals surface area contributed by atoms with Crippen molar-refractivity contribution in [2.75, 3.05) is 6.54 Å². The Kier molecular flexibility index (Phi) is 5.04. The lowest BCUT2D eigenvalue weighted by molar-refractivity contribution is 0.0195. The molecule has 1 aromatic rings. The van der Waals surface area contributed by atoms with E-state index in [2.05, 4.69) is 22.3 Å². The number of fused-ring (bicyclic) bond motifs is 1. The zero-order chi connectivity index (χ0) is 18.2. The third-order valence-corrected chi connectivity index (χ3v) is 4.97. The van der Waals surface area contributed by atoms with E-state index in [1.54, 1.807) is 0 Å². The molecule has 3 rings (SSSR count). The Morgan fingerprint density at radius 1 is 1.36 bits per heavy atom. The standard InChI is InChI=1S/C18H31N5O2/c1-12(15-7-6-10-22(15)17(24)25-18(3,4)5)19-14-8-9-16-20-13(2)21-23(16)11-14/h12,14-15,19H,6-11H2,1-5H3. The SMILES string of the molecule is Cc1nc2n(n1)CC(NC(C)C1CCCN1C(=O)OC(C)(C)C)CC2. The van der Waals surface area contributed by atoms with Gasteiger partial charge in [0.15, 0.2) is 0 Å². The number of rotatable bonds is 3. The lowest BCUT2D eigenvalue weighted by Gasteiger charge is -2.35. The average Bonchev–Trinajstić information content (AvgIpc) is 3.10. The topological polar surface area (TPSA) is 72.3 Å². The molecule has 0 spiro atoms. The second-order valence-corrected chi connectivity index (χ2v) is 8.33. The quantitative estimate of drug-likeness (QED) is 0.906. The highest BCUT2D eigenvalue weighted by Crippen LogP contribution is 2.24. The molecule has 2 aliphatic heterocycles. The largest absolute Gasteiger partial charge is 0.444 e. The first-order valence-electron chi connectivity index (χ1n) is 9.39. The Morgan fingerprint density at radius 2 is 2.12 bits per heavy atom. The molecular formula is C18H31N5O2. The summed E-state index contributed by atoms with van der Waals surface area (Å²) in [7, 11) is 0. The van der Waals surface area contributed by atoms with Crippen molar-refractivity contribution in [3.63, 3.8) is 0 Å². The molecule has 0 saturated carbocycles. The normalized spacial score (nSPS) is 24.9. The van der Waals surface area contributed by atoms with E-state index < -0.39 is 5.60 Å². The van der Waals surface area contributed by atoms with Gasteiger partial charge in [-0.25, -0.2) is 14.5 Å². The third kappa shape index (κ3) is 4.32. The molecule has 3 heterocycles. The second-order valence-electron chi connectivity index (χ2n) is 8.33. The summed E-state index contributed by atoms with van der Waals surface area (Å²) in [6.07, 6.45) is 3.87. The van der Waals surface area contributed by atoms with Crippen molar-refractivity contribution in [3.8, 4) is 0 Å². The summed E-state index contributed by atoms with van der Waals surface area (Å²) in [4.78, 5) is 18.9. The summed E-state index contributed by atoms with van der Waals surface area (Å²) in [6, 6.07) is 0.782. The Balaban J connectivity index is 1.59. The van der Waals surface area contributed by atoms with Gasteiger partial charge in [-0.15, -0.1) is 0 Å². The van der Waals surface area contributed by atoms with Crippen LogP contribution in [0.1, 0.15) is 58.6 Å². The fraction of sp³-hybridized carbons (Fsp3) is 0.833. The molecule has 1 N–H and O–H groups in total. The van der Waals surface area contributed by atoms with Crippen molar-refractivity contribution in [2.45, 2.75) is 90.6 Å². The number of carbonyl (C=O) groups excluding carboxylic acids is 1. The van der Waals surface area contributed by atoms with E-state index >= 15 is 0 Å². The molecule has 0 aromatic carbocycles. The number of hydrogen-bond acceptors (Lipinski definition) is 5. The summed E-state index contributed by atoms with van der Waals surface area (Å²) >= 11 is 0. The number of nitrogens with zero attached hydrogens (tertiary/aromatic N) is 4. The van der Waals surface area contributed by atoms with E-state index in [9.17, 15) is 4.79 Å². The fourth-order valence-corrected chi connectivity index (χ4v) is 3.91. The molecule has 1 aromatic heterocycles. The van der Waals surface area contributed by atoms with Gasteiger partial charge in [0.1, 0.15) is 17.2 Å². The minimum atomic E-state index is -0.453. The molecule has 7 nitrogen and oxygen atoms in total. The van der Waals surface area contributed by atoms with Crippen molar-refractivity contribution in [1.82, 2.24) is 25.0 Å². The summed E-state index contributed by atoms with van der Waals surface area (Å²) < 4.78 is 7.60. The lowest BCUT2D eigenvalue weighted by Crippen LogP contribution is -2.53. The minimum Gasteiger partial charge on any atom is -0.444 e. The van der Waals surface area contributed by atoms with Gasteiger partial charge >= 0.3 is 6.09 Å². The van der Waals surface area contributed by atoms with Crippen LogP contribution in [0.2, 0.25) is 0 Å². The number of nitrogens with one attached hydrogen (secondary N) is 1. The van der Waals surface area contributed by atoms with Crippen LogP contribution in [0.4, 0.5) is 4.79 Å². The van der Waals surface area contributed by atoms with E-state index in [1.807, 2.05) is 37.3 Å². The molecule has 0 radical (unpaired) electrons. The number of hydrogen-bond donors (Lipinski definition) is 1. The predicted molar refractivity (Wildman–Crippen MR) is 95.4 cm³/mol. The van der Waals surface area contributed by atoms with Crippen LogP contribution in [-0.2, 0) is 17.7 Å². The highest BCUT2D eigenvalue weighted by Gasteiger charge is 2.36. The van der Waals surface area contributed by atoms with Crippen LogP contribution in [0.5, 0.6) is 0 Å². The number of likely N-dealkylation sites (tertiary alicyclic amines) is 1. The predicted octanol–water partition coefficient (Wildman–Crippen LogP) is 2.28. The monoisotopic (exact) mass is 349 g/mol. The van der Waals surface area contributed by atoms with Gasteiger partial charge in [0.05, 0.1) is 12.6 Å². The van der Waals surface area contributed by atoms with Gasteiger partial charge in [-0.1, -0.05) is 0 Å². The van der Waals surface area contributed by atoms with Gasteiger partial charge in [0, 0.05) is 25.0 Å². The molecule has 0 aliphatic carbocycles. The molecule has 140 valence electrons. The van der Waals surface area contributed by atoms with Crippen molar-refractivity contribution in [2.24, 2.45) is 0 Å². The van der Waals surface area contributed by atoms with Crippen LogP contribution < -0.4 is 5.32 Å². The van der Waals surface area contributed by atoms with Crippen molar-refractivity contribution >= 4 is 6.09 Å². The van der Waals surface area contributed by atoms with Gasteiger partial charge < -0.3 is 15.0 Å². The zero-order valence-electron chi connectivity index (χ0n) is 16.1. The van der Waals surface area contributed by atoms with Crippen LogP contribution >= 0.6 is 0 Å². The van der Waals surface area contributed by atoms with Gasteiger partial charge in [-0.3, -0.25) is 0 Å². The summed E-state index contributed by atoms with van der Waals surface area (Å²) in [5.41, 5.74) is -0.453. The molecule has 3 unspecified atom stereocenters. The van der Waals surface area contributed by atoms with E-state index in [-0.39, 0.29) is 18.2 Å². The van der Waals surface area contributed by atoms with E-state index in [0.717, 1.165) is 50.4 Å². The van der Waals surface area contributed by atoms with Crippen molar-refractivity contribution < 1.29 is 9.53 Å². The third-order valence-electron chi connectivity index (χ3n) is 4.97. The highest BCUT2D eigenvalue weighted by molar-refractivity contribution is 5.69. The molecule has 1 saturated heterocycles. The maximum Gasteiger partial charge on any atom is 0.410 e. The lowest BCUT2D eigenvalue weighted by atomic mass is 10.0. The minimum absolute atomic E-state index is 0.189. The van der Waals surface area contributed by atoms with E-state index in [0.29, 0.717) is 6.04 Å². The zero-order valence-corrected chi connectivity index (χ0v) is 16.1. The van der Waals surface area contributed by atoms with Gasteiger partial charge in [-0.05, 0) is 53.9 Å². The summed E-state index contributed by atoms with van der Waals surface area (Å²) in [5.74, 6) is 1.93. The second kappa shape index (κ2) is 6.94. The number of amides is 1. The van der Waals surface area contributed by atoms with E-state index in [1.165, 1.54) is 0 Å². The number of aromatic nitrogens is 3. The molecule has 7 heteroatoms. The molecule has 2 aliphatic rings. The molecule has 1 amide bonds.